The maximum Gasteiger partial charge on any atom is 0.259 e. The molecule has 32 heavy (non-hydrogen) atoms. The van der Waals surface area contributed by atoms with Gasteiger partial charge in [0.05, 0.1) is 31.6 Å². The van der Waals surface area contributed by atoms with Crippen molar-refractivity contribution in [1.82, 2.24) is 0 Å². The molecule has 1 heterocycles. The molecule has 0 spiro atoms. The van der Waals surface area contributed by atoms with Crippen molar-refractivity contribution >= 4 is 33.0 Å². The van der Waals surface area contributed by atoms with Gasteiger partial charge in [-0.05, 0) is 63.2 Å². The van der Waals surface area contributed by atoms with Gasteiger partial charge in [-0.15, -0.1) is 0 Å². The summed E-state index contributed by atoms with van der Waals surface area (Å²) < 4.78 is 41.3. The fraction of sp³-hybridized carbons (Fsp3) is 0.348. The van der Waals surface area contributed by atoms with E-state index in [1.165, 1.54) is 11.0 Å². The lowest BCUT2D eigenvalue weighted by Gasteiger charge is -2.28. The molecule has 0 saturated heterocycles. The Morgan fingerprint density at radius 3 is 2.03 bits per heavy atom. The average Bonchev–Trinajstić information content (AvgIpc) is 3.11. The van der Waals surface area contributed by atoms with Gasteiger partial charge in [-0.3, -0.25) is 4.79 Å². The van der Waals surface area contributed by atoms with Crippen LogP contribution in [0.1, 0.15) is 31.1 Å². The lowest BCUT2D eigenvalue weighted by Crippen LogP contribution is -2.41. The second-order valence-corrected chi connectivity index (χ2v) is 9.35. The molecule has 0 fully saturated rings. The molecule has 1 atom stereocenters. The van der Waals surface area contributed by atoms with Crippen molar-refractivity contribution in [2.24, 2.45) is 0 Å². The molecule has 7 nitrogen and oxygen atoms in total. The first-order chi connectivity index (χ1) is 15.3. The van der Waals surface area contributed by atoms with Crippen molar-refractivity contribution in [2.75, 3.05) is 30.5 Å². The van der Waals surface area contributed by atoms with Crippen molar-refractivity contribution in [3.8, 4) is 17.2 Å². The van der Waals surface area contributed by atoms with E-state index in [0.29, 0.717) is 47.8 Å². The Morgan fingerprint density at radius 2 is 1.56 bits per heavy atom. The van der Waals surface area contributed by atoms with Gasteiger partial charge in [-0.1, -0.05) is 11.6 Å². The Hall–Kier alpha value is -2.71. The Labute approximate surface area is 193 Å². The molecule has 0 aliphatic carbocycles. The molecule has 0 N–H and O–H groups in total. The highest BCUT2D eigenvalue weighted by Gasteiger charge is 2.33. The number of carbonyl (C=O) groups is 1. The zero-order valence-electron chi connectivity index (χ0n) is 18.2. The van der Waals surface area contributed by atoms with Gasteiger partial charge in [-0.2, -0.15) is 0 Å². The molecule has 0 bridgehead atoms. The molecule has 0 radical (unpaired) electrons. The summed E-state index contributed by atoms with van der Waals surface area (Å²) in [5.41, 5.74) is 0.809. The van der Waals surface area contributed by atoms with E-state index in [1.54, 1.807) is 36.4 Å². The van der Waals surface area contributed by atoms with Crippen LogP contribution in [0.3, 0.4) is 0 Å². The van der Waals surface area contributed by atoms with Crippen LogP contribution >= 0.6 is 11.6 Å². The van der Waals surface area contributed by atoms with Crippen LogP contribution in [0.25, 0.3) is 0 Å². The second kappa shape index (κ2) is 10.3. The van der Waals surface area contributed by atoms with Crippen LogP contribution < -0.4 is 19.1 Å². The third kappa shape index (κ3) is 5.37. The van der Waals surface area contributed by atoms with Crippen LogP contribution in [0.15, 0.2) is 47.9 Å². The van der Waals surface area contributed by atoms with E-state index in [1.807, 2.05) is 20.8 Å². The first kappa shape index (κ1) is 23.9. The summed E-state index contributed by atoms with van der Waals surface area (Å²) in [6.07, 6.45) is 1.52. The monoisotopic (exact) mass is 479 g/mol. The zero-order chi connectivity index (χ0) is 23.3. The number of halogens is 1. The molecule has 1 aliphatic heterocycles. The zero-order valence-corrected chi connectivity index (χ0v) is 19.8. The van der Waals surface area contributed by atoms with E-state index in [2.05, 4.69) is 0 Å². The first-order valence-corrected chi connectivity index (χ1v) is 12.5. The molecule has 3 rings (SSSR count). The van der Waals surface area contributed by atoms with Gasteiger partial charge >= 0.3 is 0 Å². The minimum absolute atomic E-state index is 0.199. The number of hydrogen-bond donors (Lipinski definition) is 0. The van der Waals surface area contributed by atoms with Crippen LogP contribution in [-0.2, 0) is 9.84 Å². The Kier molecular flexibility index (Phi) is 7.69. The topological polar surface area (TPSA) is 82.1 Å². The van der Waals surface area contributed by atoms with Crippen molar-refractivity contribution in [1.29, 1.82) is 0 Å². The SMILES string of the molecule is CCOc1cc(C(=O)N(c2ccc(Cl)cc2)[C@H]2C=CS(=O)(=O)C2)cc(OCC)c1OCC. The summed E-state index contributed by atoms with van der Waals surface area (Å²) in [7, 11) is -3.39. The highest BCUT2D eigenvalue weighted by molar-refractivity contribution is 7.94. The summed E-state index contributed by atoms with van der Waals surface area (Å²) in [5.74, 6) is 0.594. The number of ether oxygens (including phenoxy) is 3. The predicted octanol–water partition coefficient (Wildman–Crippen LogP) is 4.49. The van der Waals surface area contributed by atoms with E-state index in [-0.39, 0.29) is 11.3 Å². The highest BCUT2D eigenvalue weighted by atomic mass is 35.5. The summed E-state index contributed by atoms with van der Waals surface area (Å²) in [5, 5.41) is 1.65. The van der Waals surface area contributed by atoms with E-state index >= 15 is 0 Å². The van der Waals surface area contributed by atoms with Gasteiger partial charge in [0.25, 0.3) is 5.91 Å². The van der Waals surface area contributed by atoms with Gasteiger partial charge in [0, 0.05) is 21.7 Å². The maximum absolute atomic E-state index is 13.7. The molecule has 2 aromatic rings. The fourth-order valence-corrected chi connectivity index (χ4v) is 4.83. The standard InChI is InChI=1S/C23H26ClNO6S/c1-4-29-20-13-16(14-21(30-5-2)22(20)31-6-3)23(26)25(18-9-7-17(24)8-10-18)19-11-12-32(27,28)15-19/h7-14,19H,4-6,15H2,1-3H3/t19-/m0/s1. The van der Waals surface area contributed by atoms with Crippen molar-refractivity contribution in [3.05, 3.63) is 58.5 Å². The van der Waals surface area contributed by atoms with Crippen molar-refractivity contribution in [3.63, 3.8) is 0 Å². The molecule has 1 aliphatic rings. The lowest BCUT2D eigenvalue weighted by molar-refractivity contribution is 0.0982. The van der Waals surface area contributed by atoms with Crippen LogP contribution in [-0.4, -0.2) is 45.9 Å². The van der Waals surface area contributed by atoms with Crippen LogP contribution in [0, 0.1) is 0 Å². The van der Waals surface area contributed by atoms with Gasteiger partial charge < -0.3 is 19.1 Å². The number of benzene rings is 2. The smallest absolute Gasteiger partial charge is 0.259 e. The summed E-state index contributed by atoms with van der Waals surface area (Å²) in [6.45, 7) is 6.65. The second-order valence-electron chi connectivity index (χ2n) is 6.98. The molecular formula is C23H26ClNO6S. The van der Waals surface area contributed by atoms with E-state index < -0.39 is 21.8 Å². The van der Waals surface area contributed by atoms with Crippen molar-refractivity contribution < 1.29 is 27.4 Å². The Morgan fingerprint density at radius 1 is 1.00 bits per heavy atom. The van der Waals surface area contributed by atoms with Crippen LogP contribution in [0.4, 0.5) is 5.69 Å². The van der Waals surface area contributed by atoms with Gasteiger partial charge in [0.2, 0.25) is 5.75 Å². The van der Waals surface area contributed by atoms with Crippen molar-refractivity contribution in [2.45, 2.75) is 26.8 Å². The van der Waals surface area contributed by atoms with Gasteiger partial charge in [0.15, 0.2) is 21.3 Å². The van der Waals surface area contributed by atoms with E-state index in [4.69, 9.17) is 25.8 Å². The molecular weight excluding hydrogens is 454 g/mol. The molecule has 2 aromatic carbocycles. The average molecular weight is 480 g/mol. The number of hydrogen-bond acceptors (Lipinski definition) is 6. The predicted molar refractivity (Wildman–Crippen MR) is 125 cm³/mol. The quantitative estimate of drug-likeness (QED) is 0.527. The maximum atomic E-state index is 13.7. The number of sulfone groups is 1. The molecule has 172 valence electrons. The largest absolute Gasteiger partial charge is 0.490 e. The van der Waals surface area contributed by atoms with Gasteiger partial charge in [-0.25, -0.2) is 8.42 Å². The first-order valence-electron chi connectivity index (χ1n) is 10.4. The number of anilines is 1. The third-order valence-corrected chi connectivity index (χ3v) is 6.35. The van der Waals surface area contributed by atoms with E-state index in [9.17, 15) is 13.2 Å². The Balaban J connectivity index is 2.10. The number of carbonyl (C=O) groups excluding carboxylic acids is 1. The summed E-state index contributed by atoms with van der Waals surface area (Å²) >= 11 is 6.02. The van der Waals surface area contributed by atoms with Gasteiger partial charge in [0.1, 0.15) is 0 Å². The molecule has 9 heteroatoms. The number of nitrogens with zero attached hydrogens (tertiary/aromatic N) is 1. The highest BCUT2D eigenvalue weighted by Crippen LogP contribution is 2.40. The number of amides is 1. The minimum atomic E-state index is -3.39. The Bertz CT molecular complexity index is 1070. The van der Waals surface area contributed by atoms with E-state index in [0.717, 1.165) is 5.41 Å². The lowest BCUT2D eigenvalue weighted by atomic mass is 10.1. The third-order valence-electron chi connectivity index (χ3n) is 4.72. The summed E-state index contributed by atoms with van der Waals surface area (Å²) in [6, 6.07) is 9.19. The molecule has 0 saturated carbocycles. The summed E-state index contributed by atoms with van der Waals surface area (Å²) in [4.78, 5) is 15.2. The minimum Gasteiger partial charge on any atom is -0.490 e. The van der Waals surface area contributed by atoms with Crippen LogP contribution in [0.2, 0.25) is 5.02 Å². The number of rotatable bonds is 9. The van der Waals surface area contributed by atoms with Crippen LogP contribution in [0.5, 0.6) is 17.2 Å². The fourth-order valence-electron chi connectivity index (χ4n) is 3.43. The molecule has 0 aromatic heterocycles. The normalized spacial score (nSPS) is 16.6. The molecule has 0 unspecified atom stereocenters. The molecule has 1 amide bonds.